The lowest BCUT2D eigenvalue weighted by molar-refractivity contribution is 0.0664. The Kier molecular flexibility index (Phi) is 5.70. The number of likely N-dealkylation sites (N-methyl/N-ethyl adjacent to an activating group) is 1. The molecule has 7 heteroatoms. The van der Waals surface area contributed by atoms with Crippen molar-refractivity contribution in [2.75, 3.05) is 45.7 Å². The van der Waals surface area contributed by atoms with Gasteiger partial charge >= 0.3 is 0 Å². The third kappa shape index (κ3) is 4.24. The van der Waals surface area contributed by atoms with Crippen molar-refractivity contribution in [1.82, 2.24) is 19.6 Å². The SMILES string of the molecule is COc1ccc(C(=O)N2CCN(C)CC2)cc1NC(C)c1cc(C)nn1C. The van der Waals surface area contributed by atoms with Crippen LogP contribution in [0.2, 0.25) is 0 Å². The molecule has 0 saturated carbocycles. The summed E-state index contributed by atoms with van der Waals surface area (Å²) < 4.78 is 7.37. The molecule has 27 heavy (non-hydrogen) atoms. The molecule has 1 saturated heterocycles. The number of aromatic nitrogens is 2. The maximum Gasteiger partial charge on any atom is 0.254 e. The first-order valence-corrected chi connectivity index (χ1v) is 9.32. The Morgan fingerprint density at radius 1 is 1.19 bits per heavy atom. The molecular weight excluding hydrogens is 342 g/mol. The fourth-order valence-corrected chi connectivity index (χ4v) is 3.49. The molecule has 0 aliphatic carbocycles. The third-order valence-electron chi connectivity index (χ3n) is 5.09. The van der Waals surface area contributed by atoms with Gasteiger partial charge in [0, 0.05) is 38.8 Å². The van der Waals surface area contributed by atoms with E-state index in [9.17, 15) is 4.79 Å². The number of aryl methyl sites for hydroxylation is 2. The Balaban J connectivity index is 1.81. The second-order valence-corrected chi connectivity index (χ2v) is 7.21. The van der Waals surface area contributed by atoms with E-state index in [-0.39, 0.29) is 11.9 Å². The van der Waals surface area contributed by atoms with Gasteiger partial charge in [0.15, 0.2) is 0 Å². The lowest BCUT2D eigenvalue weighted by Crippen LogP contribution is -2.47. The van der Waals surface area contributed by atoms with E-state index in [1.54, 1.807) is 7.11 Å². The Morgan fingerprint density at radius 2 is 1.89 bits per heavy atom. The monoisotopic (exact) mass is 371 g/mol. The van der Waals surface area contributed by atoms with E-state index >= 15 is 0 Å². The number of amides is 1. The van der Waals surface area contributed by atoms with Crippen molar-refractivity contribution >= 4 is 11.6 Å². The first-order valence-electron chi connectivity index (χ1n) is 9.32. The van der Waals surface area contributed by atoms with E-state index in [0.29, 0.717) is 5.56 Å². The van der Waals surface area contributed by atoms with Gasteiger partial charge in [0.2, 0.25) is 0 Å². The molecule has 146 valence electrons. The maximum atomic E-state index is 12.9. The van der Waals surface area contributed by atoms with Gasteiger partial charge in [-0.25, -0.2) is 0 Å². The van der Waals surface area contributed by atoms with Gasteiger partial charge < -0.3 is 19.9 Å². The first kappa shape index (κ1) is 19.2. The molecule has 1 aromatic heterocycles. The summed E-state index contributed by atoms with van der Waals surface area (Å²) >= 11 is 0. The Bertz CT molecular complexity index is 809. The van der Waals surface area contributed by atoms with Crippen LogP contribution in [-0.2, 0) is 7.05 Å². The van der Waals surface area contributed by atoms with Gasteiger partial charge in [-0.3, -0.25) is 9.48 Å². The van der Waals surface area contributed by atoms with Crippen molar-refractivity contribution in [3.8, 4) is 5.75 Å². The zero-order valence-corrected chi connectivity index (χ0v) is 16.8. The van der Waals surface area contributed by atoms with Crippen molar-refractivity contribution in [2.24, 2.45) is 7.05 Å². The molecule has 1 aliphatic heterocycles. The van der Waals surface area contributed by atoms with Crippen LogP contribution < -0.4 is 10.1 Å². The summed E-state index contributed by atoms with van der Waals surface area (Å²) in [5.74, 6) is 0.786. The lowest BCUT2D eigenvalue weighted by atomic mass is 10.1. The van der Waals surface area contributed by atoms with Crippen LogP contribution in [0.15, 0.2) is 24.3 Å². The predicted molar refractivity (Wildman–Crippen MR) is 106 cm³/mol. The number of piperazine rings is 1. The van der Waals surface area contributed by atoms with E-state index < -0.39 is 0 Å². The summed E-state index contributed by atoms with van der Waals surface area (Å²) in [4.78, 5) is 17.1. The van der Waals surface area contributed by atoms with Crippen molar-refractivity contribution in [1.29, 1.82) is 0 Å². The standard InChI is InChI=1S/C20H29N5O2/c1-14-12-18(24(4)22-14)15(2)21-17-13-16(6-7-19(17)27-5)20(26)25-10-8-23(3)9-11-25/h6-7,12-13,15,21H,8-11H2,1-5H3. The number of rotatable bonds is 5. The van der Waals surface area contributed by atoms with Crippen LogP contribution >= 0.6 is 0 Å². The second kappa shape index (κ2) is 8.00. The van der Waals surface area contributed by atoms with Gasteiger partial charge in [0.1, 0.15) is 5.75 Å². The highest BCUT2D eigenvalue weighted by molar-refractivity contribution is 5.95. The van der Waals surface area contributed by atoms with Crippen LogP contribution in [0.5, 0.6) is 5.75 Å². The number of benzene rings is 1. The predicted octanol–water partition coefficient (Wildman–Crippen LogP) is 2.30. The molecule has 0 spiro atoms. The van der Waals surface area contributed by atoms with Gasteiger partial charge in [0.25, 0.3) is 5.91 Å². The molecular formula is C20H29N5O2. The number of hydrogen-bond donors (Lipinski definition) is 1. The number of nitrogens with one attached hydrogen (secondary N) is 1. The zero-order chi connectivity index (χ0) is 19.6. The van der Waals surface area contributed by atoms with Gasteiger partial charge in [0.05, 0.1) is 30.2 Å². The highest BCUT2D eigenvalue weighted by Crippen LogP contribution is 2.30. The maximum absolute atomic E-state index is 12.9. The number of carbonyl (C=O) groups is 1. The Morgan fingerprint density at radius 3 is 2.48 bits per heavy atom. The zero-order valence-electron chi connectivity index (χ0n) is 16.8. The van der Waals surface area contributed by atoms with E-state index in [1.165, 1.54) is 0 Å². The fourth-order valence-electron chi connectivity index (χ4n) is 3.49. The number of carbonyl (C=O) groups excluding carboxylic acids is 1. The normalized spacial score (nSPS) is 16.3. The largest absolute Gasteiger partial charge is 0.495 e. The summed E-state index contributed by atoms with van der Waals surface area (Å²) in [5, 5.41) is 7.88. The van der Waals surface area contributed by atoms with E-state index in [4.69, 9.17) is 4.74 Å². The molecule has 1 aliphatic rings. The molecule has 7 nitrogen and oxygen atoms in total. The van der Waals surface area contributed by atoms with Crippen molar-refractivity contribution in [3.63, 3.8) is 0 Å². The molecule has 3 rings (SSSR count). The average molecular weight is 371 g/mol. The molecule has 0 radical (unpaired) electrons. The van der Waals surface area contributed by atoms with E-state index in [0.717, 1.165) is 49.0 Å². The molecule has 1 atom stereocenters. The van der Waals surface area contributed by atoms with Crippen LogP contribution in [-0.4, -0.2) is 65.8 Å². The minimum atomic E-state index is 0.0269. The van der Waals surface area contributed by atoms with Gasteiger partial charge in [-0.2, -0.15) is 5.10 Å². The van der Waals surface area contributed by atoms with Crippen molar-refractivity contribution < 1.29 is 9.53 Å². The smallest absolute Gasteiger partial charge is 0.254 e. The van der Waals surface area contributed by atoms with Crippen LogP contribution in [0.1, 0.15) is 34.7 Å². The van der Waals surface area contributed by atoms with Crippen molar-refractivity contribution in [2.45, 2.75) is 19.9 Å². The van der Waals surface area contributed by atoms with Crippen molar-refractivity contribution in [3.05, 3.63) is 41.2 Å². The minimum Gasteiger partial charge on any atom is -0.495 e. The number of anilines is 1. The number of ether oxygens (including phenoxy) is 1. The van der Waals surface area contributed by atoms with Crippen LogP contribution in [0.3, 0.4) is 0 Å². The number of methoxy groups -OCH3 is 1. The Hall–Kier alpha value is -2.54. The van der Waals surface area contributed by atoms with Gasteiger partial charge in [-0.05, 0) is 45.2 Å². The van der Waals surface area contributed by atoms with Crippen LogP contribution in [0.4, 0.5) is 5.69 Å². The molecule has 1 unspecified atom stereocenters. The van der Waals surface area contributed by atoms with Gasteiger partial charge in [-0.15, -0.1) is 0 Å². The van der Waals surface area contributed by atoms with Crippen LogP contribution in [0.25, 0.3) is 0 Å². The minimum absolute atomic E-state index is 0.0269. The molecule has 2 heterocycles. The summed E-state index contributed by atoms with van der Waals surface area (Å²) in [6.07, 6.45) is 0. The molecule has 1 fully saturated rings. The fraction of sp³-hybridized carbons (Fsp3) is 0.500. The lowest BCUT2D eigenvalue weighted by Gasteiger charge is -2.32. The molecule has 0 bridgehead atoms. The summed E-state index contributed by atoms with van der Waals surface area (Å²) in [5.41, 5.74) is 3.54. The number of hydrogen-bond acceptors (Lipinski definition) is 5. The van der Waals surface area contributed by atoms with Crippen LogP contribution in [0, 0.1) is 6.92 Å². The van der Waals surface area contributed by atoms with E-state index in [1.807, 2.05) is 41.8 Å². The third-order valence-corrected chi connectivity index (χ3v) is 5.09. The molecule has 2 aromatic rings. The summed E-state index contributed by atoms with van der Waals surface area (Å²) in [6.45, 7) is 7.38. The van der Waals surface area contributed by atoms with E-state index in [2.05, 4.69) is 35.4 Å². The molecule has 1 aromatic carbocycles. The quantitative estimate of drug-likeness (QED) is 0.874. The van der Waals surface area contributed by atoms with Gasteiger partial charge in [-0.1, -0.05) is 0 Å². The second-order valence-electron chi connectivity index (χ2n) is 7.21. The summed E-state index contributed by atoms with van der Waals surface area (Å²) in [6, 6.07) is 7.66. The highest BCUT2D eigenvalue weighted by Gasteiger charge is 2.22. The molecule has 1 amide bonds. The number of nitrogens with zero attached hydrogens (tertiary/aromatic N) is 4. The average Bonchev–Trinajstić information content (AvgIpc) is 3.00. The molecule has 1 N–H and O–H groups in total. The topological polar surface area (TPSA) is 62.6 Å². The highest BCUT2D eigenvalue weighted by atomic mass is 16.5. The summed E-state index contributed by atoms with van der Waals surface area (Å²) in [7, 11) is 5.66. The Labute approximate surface area is 160 Å². The first-order chi connectivity index (χ1) is 12.9.